The molecule has 1 unspecified atom stereocenters. The van der Waals surface area contributed by atoms with Crippen LogP contribution in [0.1, 0.15) is 80.3 Å². The minimum absolute atomic E-state index is 0.107. The predicted octanol–water partition coefficient (Wildman–Crippen LogP) is 6.49. The summed E-state index contributed by atoms with van der Waals surface area (Å²) in [7, 11) is -2.63. The number of benzene rings is 2. The van der Waals surface area contributed by atoms with Crippen molar-refractivity contribution in [2.24, 2.45) is 22.9 Å². The van der Waals surface area contributed by atoms with Crippen molar-refractivity contribution >= 4 is 38.8 Å². The Bertz CT molecular complexity index is 1400. The molecule has 1 fully saturated rings. The zero-order valence-electron chi connectivity index (χ0n) is 25.4. The average molecular weight is 631 g/mol. The molecule has 7 nitrogen and oxygen atoms in total. The van der Waals surface area contributed by atoms with Crippen LogP contribution in [0.15, 0.2) is 48.6 Å². The standard InChI is InChI=1S/C34H47ClN2O5S/c1-4-8-33(43(3,36)41)23(2)9-7-11-31(38)29-16-13-26(29)21-37-18-6-5-10-24-19-28(35)15-12-27(24)22-42-32-17-14-25(34(39)40)20-30(32)37/h7,11-12,14-15,17,19-20,23,26,29,31,33,38H,3-6,8-10,13,16,18,21-22H2,1-2H3,(H2,36,41)(H,39,40)/b11-7+/t23-,26-,29+,31-,33-,43?/m0/s1. The summed E-state index contributed by atoms with van der Waals surface area (Å²) in [5, 5.41) is 27.3. The number of halogens is 1. The molecule has 6 atom stereocenters. The highest BCUT2D eigenvalue weighted by Gasteiger charge is 2.37. The van der Waals surface area contributed by atoms with Gasteiger partial charge in [-0.15, -0.1) is 0 Å². The number of rotatable bonds is 11. The van der Waals surface area contributed by atoms with E-state index in [0.717, 1.165) is 62.7 Å². The number of carbonyl (C=O) groups is 1. The second-order valence-electron chi connectivity index (χ2n) is 12.3. The summed E-state index contributed by atoms with van der Waals surface area (Å²) in [5.74, 6) is 3.88. The minimum Gasteiger partial charge on any atom is -0.487 e. The van der Waals surface area contributed by atoms with Gasteiger partial charge in [0, 0.05) is 33.1 Å². The fourth-order valence-electron chi connectivity index (χ4n) is 6.51. The van der Waals surface area contributed by atoms with Gasteiger partial charge >= 0.3 is 5.97 Å². The predicted molar refractivity (Wildman–Crippen MR) is 178 cm³/mol. The van der Waals surface area contributed by atoms with Gasteiger partial charge in [-0.1, -0.05) is 50.1 Å². The summed E-state index contributed by atoms with van der Waals surface area (Å²) in [4.78, 5) is 14.1. The highest BCUT2D eigenvalue weighted by molar-refractivity contribution is 7.98. The molecule has 2 aromatic carbocycles. The molecule has 0 bridgehead atoms. The van der Waals surface area contributed by atoms with E-state index in [1.807, 2.05) is 37.3 Å². The van der Waals surface area contributed by atoms with E-state index in [0.29, 0.717) is 30.3 Å². The van der Waals surface area contributed by atoms with Crippen LogP contribution in [-0.2, 0) is 22.7 Å². The Hall–Kier alpha value is -2.52. The van der Waals surface area contributed by atoms with Crippen LogP contribution in [0.5, 0.6) is 5.75 Å². The lowest BCUT2D eigenvalue weighted by Gasteiger charge is -2.42. The first-order chi connectivity index (χ1) is 20.5. The van der Waals surface area contributed by atoms with Crippen molar-refractivity contribution < 1.29 is 24.0 Å². The van der Waals surface area contributed by atoms with Crippen LogP contribution in [-0.4, -0.2) is 50.7 Å². The van der Waals surface area contributed by atoms with E-state index < -0.39 is 21.8 Å². The van der Waals surface area contributed by atoms with Gasteiger partial charge in [0.1, 0.15) is 12.4 Å². The molecule has 0 spiro atoms. The lowest BCUT2D eigenvalue weighted by Crippen LogP contribution is -2.43. The summed E-state index contributed by atoms with van der Waals surface area (Å²) >= 11 is 6.29. The summed E-state index contributed by atoms with van der Waals surface area (Å²) in [6.45, 7) is 5.94. The Morgan fingerprint density at radius 3 is 2.70 bits per heavy atom. The Morgan fingerprint density at radius 1 is 1.23 bits per heavy atom. The van der Waals surface area contributed by atoms with Gasteiger partial charge in [-0.05, 0) is 110 Å². The van der Waals surface area contributed by atoms with E-state index in [9.17, 15) is 19.2 Å². The number of allylic oxidation sites excluding steroid dienone is 1. The normalized spacial score (nSPS) is 22.6. The summed E-state index contributed by atoms with van der Waals surface area (Å²) in [6.07, 6.45) is 10.4. The molecular weight excluding hydrogens is 584 g/mol. The fourth-order valence-corrected chi connectivity index (χ4v) is 8.24. The minimum atomic E-state index is -2.63. The number of fused-ring (bicyclic) bond motifs is 2. The molecule has 9 heteroatoms. The number of carboxylic acids is 1. The number of aliphatic hydroxyl groups excluding tert-OH is 1. The highest BCUT2D eigenvalue weighted by Crippen LogP contribution is 2.41. The molecule has 0 amide bonds. The van der Waals surface area contributed by atoms with Gasteiger partial charge in [0.2, 0.25) is 0 Å². The third kappa shape index (κ3) is 8.78. The second-order valence-corrected chi connectivity index (χ2v) is 14.9. The third-order valence-electron chi connectivity index (χ3n) is 9.15. The van der Waals surface area contributed by atoms with Crippen LogP contribution in [0.25, 0.3) is 0 Å². The number of hydrogen-bond acceptors (Lipinski definition) is 5. The highest BCUT2D eigenvalue weighted by atomic mass is 35.5. The molecule has 1 aliphatic heterocycles. The number of anilines is 1. The molecule has 43 heavy (non-hydrogen) atoms. The zero-order chi connectivity index (χ0) is 31.1. The van der Waals surface area contributed by atoms with Crippen LogP contribution in [0, 0.1) is 17.8 Å². The van der Waals surface area contributed by atoms with Crippen LogP contribution >= 0.6 is 11.6 Å². The van der Waals surface area contributed by atoms with Gasteiger partial charge in [0.05, 0.1) is 17.4 Å². The molecular formula is C34H47ClN2O5S. The largest absolute Gasteiger partial charge is 0.487 e. The van der Waals surface area contributed by atoms with Crippen molar-refractivity contribution in [3.05, 3.63) is 70.3 Å². The molecule has 0 saturated heterocycles. The maximum absolute atomic E-state index is 12.5. The van der Waals surface area contributed by atoms with Crippen molar-refractivity contribution in [1.82, 2.24) is 0 Å². The monoisotopic (exact) mass is 630 g/mol. The van der Waals surface area contributed by atoms with Crippen LogP contribution in [0.4, 0.5) is 5.69 Å². The fraction of sp³-hybridized carbons (Fsp3) is 0.529. The van der Waals surface area contributed by atoms with E-state index >= 15 is 0 Å². The number of nitrogens with zero attached hydrogens (tertiary/aromatic N) is 1. The first-order valence-electron chi connectivity index (χ1n) is 15.5. The van der Waals surface area contributed by atoms with Crippen molar-refractivity contribution in [2.75, 3.05) is 18.0 Å². The molecule has 2 aliphatic rings. The van der Waals surface area contributed by atoms with Gasteiger partial charge in [-0.25, -0.2) is 4.79 Å². The molecule has 1 heterocycles. The first-order valence-corrected chi connectivity index (χ1v) is 17.7. The molecule has 0 aromatic heterocycles. The number of aromatic carboxylic acids is 1. The van der Waals surface area contributed by atoms with Crippen molar-refractivity contribution in [2.45, 2.75) is 83.2 Å². The summed E-state index contributed by atoms with van der Waals surface area (Å²) < 4.78 is 18.8. The second kappa shape index (κ2) is 15.0. The van der Waals surface area contributed by atoms with Crippen molar-refractivity contribution in [3.63, 3.8) is 0 Å². The van der Waals surface area contributed by atoms with E-state index in [1.54, 1.807) is 18.2 Å². The maximum Gasteiger partial charge on any atom is 0.335 e. The maximum atomic E-state index is 12.5. The smallest absolute Gasteiger partial charge is 0.335 e. The number of ether oxygens (including phenoxy) is 1. The number of carboxylic acid groups (broad SMARTS) is 1. The number of aliphatic hydroxyl groups is 1. The molecule has 0 radical (unpaired) electrons. The quantitative estimate of drug-likeness (QED) is 0.193. The number of hydrogen-bond donors (Lipinski definition) is 3. The molecule has 4 N–H and O–H groups in total. The number of aryl methyl sites for hydroxylation is 1. The Balaban J connectivity index is 1.48. The van der Waals surface area contributed by atoms with Gasteiger partial charge < -0.3 is 19.8 Å². The van der Waals surface area contributed by atoms with Gasteiger partial charge in [-0.2, -0.15) is 0 Å². The van der Waals surface area contributed by atoms with Crippen LogP contribution in [0.3, 0.4) is 0 Å². The van der Waals surface area contributed by atoms with E-state index in [-0.39, 0.29) is 28.6 Å². The summed E-state index contributed by atoms with van der Waals surface area (Å²) in [6, 6.07) is 11.0. The SMILES string of the molecule is C=S(N)(=O)[C@@H](CCC)[C@@H](C)C/C=C/[C@H](O)[C@@H]1CC[C@H]1CN1CCCCc2cc(Cl)ccc2COc2ccc(C(=O)O)cc21. The van der Waals surface area contributed by atoms with Gasteiger partial charge in [0.15, 0.2) is 0 Å². The topological polar surface area (TPSA) is 113 Å². The lowest BCUT2D eigenvalue weighted by atomic mass is 9.70. The van der Waals surface area contributed by atoms with E-state index in [4.69, 9.17) is 21.5 Å². The van der Waals surface area contributed by atoms with Crippen molar-refractivity contribution in [1.29, 1.82) is 0 Å². The Labute approximate surface area is 262 Å². The molecule has 236 valence electrons. The summed E-state index contributed by atoms with van der Waals surface area (Å²) in [5.41, 5.74) is 3.27. The Kier molecular flexibility index (Phi) is 11.6. The lowest BCUT2D eigenvalue weighted by molar-refractivity contribution is 0.0461. The van der Waals surface area contributed by atoms with Gasteiger partial charge in [0.25, 0.3) is 0 Å². The Morgan fingerprint density at radius 2 is 2.02 bits per heavy atom. The van der Waals surface area contributed by atoms with Crippen LogP contribution < -0.4 is 14.8 Å². The van der Waals surface area contributed by atoms with Crippen LogP contribution in [0.2, 0.25) is 5.02 Å². The first kappa shape index (κ1) is 33.4. The van der Waals surface area contributed by atoms with Gasteiger partial charge in [-0.3, -0.25) is 9.35 Å². The molecule has 1 saturated carbocycles. The molecule has 4 rings (SSSR count). The number of nitrogens with two attached hydrogens (primary N) is 1. The average Bonchev–Trinajstić information content (AvgIpc) is 2.96. The third-order valence-corrected chi connectivity index (χ3v) is 11.1. The molecule has 1 aliphatic carbocycles. The molecule has 2 aromatic rings. The zero-order valence-corrected chi connectivity index (χ0v) is 27.0. The van der Waals surface area contributed by atoms with E-state index in [1.165, 1.54) is 5.56 Å². The van der Waals surface area contributed by atoms with E-state index in [2.05, 4.69) is 17.7 Å². The van der Waals surface area contributed by atoms with Crippen molar-refractivity contribution in [3.8, 4) is 5.75 Å².